The molecule has 0 saturated carbocycles. The zero-order valence-electron chi connectivity index (χ0n) is 13.1. The number of nitrogens with one attached hydrogen (secondary N) is 1. The summed E-state index contributed by atoms with van der Waals surface area (Å²) in [5, 5.41) is 10.5. The number of carbonyl (C=O) groups excluding carboxylic acids is 1. The van der Waals surface area contributed by atoms with Crippen molar-refractivity contribution in [2.75, 3.05) is 0 Å². The fraction of sp³-hybridized carbons (Fsp3) is 0.286. The molecular weight excluding hydrogens is 380 g/mol. The standard InChI is InChI=1S/C14H11ClF4N6O/c1-24-10(6(15)4-21-24)5-20-14(26)8-3-11-22-7(12(16)17)2-9(13(18)19)25(11)23-8/h2-4,12-13H,5H2,1H3,(H,20,26). The van der Waals surface area contributed by atoms with E-state index in [2.05, 4.69) is 20.5 Å². The number of aromatic nitrogens is 5. The van der Waals surface area contributed by atoms with E-state index in [-0.39, 0.29) is 17.9 Å². The first-order valence-corrected chi connectivity index (χ1v) is 7.57. The Morgan fingerprint density at radius 3 is 2.58 bits per heavy atom. The van der Waals surface area contributed by atoms with Gasteiger partial charge in [0.1, 0.15) is 11.4 Å². The van der Waals surface area contributed by atoms with Gasteiger partial charge in [0, 0.05) is 13.1 Å². The second kappa shape index (κ2) is 6.90. The van der Waals surface area contributed by atoms with E-state index in [1.165, 1.54) is 10.9 Å². The molecule has 138 valence electrons. The van der Waals surface area contributed by atoms with Gasteiger partial charge in [-0.1, -0.05) is 11.6 Å². The predicted molar refractivity (Wildman–Crippen MR) is 82.3 cm³/mol. The molecule has 0 unspecified atom stereocenters. The minimum atomic E-state index is -3.07. The number of hydrogen-bond acceptors (Lipinski definition) is 4. The van der Waals surface area contributed by atoms with Crippen LogP contribution in [0, 0.1) is 0 Å². The van der Waals surface area contributed by atoms with E-state index in [0.29, 0.717) is 21.3 Å². The number of alkyl halides is 4. The monoisotopic (exact) mass is 390 g/mol. The summed E-state index contributed by atoms with van der Waals surface area (Å²) < 4.78 is 54.0. The van der Waals surface area contributed by atoms with Crippen LogP contribution in [0.15, 0.2) is 18.3 Å². The largest absolute Gasteiger partial charge is 0.345 e. The van der Waals surface area contributed by atoms with Crippen LogP contribution in [-0.4, -0.2) is 30.3 Å². The summed E-state index contributed by atoms with van der Waals surface area (Å²) in [7, 11) is 1.63. The van der Waals surface area contributed by atoms with Crippen LogP contribution < -0.4 is 5.32 Å². The van der Waals surface area contributed by atoms with Gasteiger partial charge >= 0.3 is 0 Å². The van der Waals surface area contributed by atoms with Gasteiger partial charge in [0.15, 0.2) is 11.3 Å². The van der Waals surface area contributed by atoms with Gasteiger partial charge < -0.3 is 5.32 Å². The van der Waals surface area contributed by atoms with E-state index in [1.54, 1.807) is 7.05 Å². The molecule has 0 atom stereocenters. The van der Waals surface area contributed by atoms with Crippen molar-refractivity contribution in [1.29, 1.82) is 0 Å². The van der Waals surface area contributed by atoms with Crippen molar-refractivity contribution in [3.8, 4) is 0 Å². The van der Waals surface area contributed by atoms with E-state index in [1.807, 2.05) is 0 Å². The zero-order chi connectivity index (χ0) is 19.0. The maximum absolute atomic E-state index is 13.1. The van der Waals surface area contributed by atoms with Crippen molar-refractivity contribution < 1.29 is 22.4 Å². The Hall–Kier alpha value is -2.69. The number of amides is 1. The fourth-order valence-corrected chi connectivity index (χ4v) is 2.52. The average Bonchev–Trinajstić information content (AvgIpc) is 3.15. The van der Waals surface area contributed by atoms with Gasteiger partial charge in [0.25, 0.3) is 18.8 Å². The summed E-state index contributed by atoms with van der Waals surface area (Å²) in [6, 6.07) is 1.62. The Morgan fingerprint density at radius 1 is 1.27 bits per heavy atom. The lowest BCUT2D eigenvalue weighted by Crippen LogP contribution is -2.24. The maximum Gasteiger partial charge on any atom is 0.280 e. The van der Waals surface area contributed by atoms with E-state index in [0.717, 1.165) is 6.07 Å². The summed E-state index contributed by atoms with van der Waals surface area (Å²) in [5.41, 5.74) is -1.60. The molecule has 0 aliphatic heterocycles. The minimum absolute atomic E-state index is 0.0133. The lowest BCUT2D eigenvalue weighted by Gasteiger charge is -2.06. The minimum Gasteiger partial charge on any atom is -0.345 e. The quantitative estimate of drug-likeness (QED) is 0.679. The number of fused-ring (bicyclic) bond motifs is 1. The fourth-order valence-electron chi connectivity index (χ4n) is 2.29. The van der Waals surface area contributed by atoms with Gasteiger partial charge in [0.05, 0.1) is 23.5 Å². The SMILES string of the molecule is Cn1ncc(Cl)c1CNC(=O)c1cc2nc(C(F)F)cc(C(F)F)n2n1. The van der Waals surface area contributed by atoms with Crippen LogP contribution in [0.25, 0.3) is 5.65 Å². The van der Waals surface area contributed by atoms with Crippen LogP contribution >= 0.6 is 11.6 Å². The van der Waals surface area contributed by atoms with Gasteiger partial charge in [-0.15, -0.1) is 0 Å². The molecule has 3 aromatic heterocycles. The maximum atomic E-state index is 13.1. The van der Waals surface area contributed by atoms with Crippen LogP contribution in [0.4, 0.5) is 17.6 Å². The van der Waals surface area contributed by atoms with Crippen molar-refractivity contribution in [2.24, 2.45) is 7.05 Å². The van der Waals surface area contributed by atoms with Crippen LogP contribution in [0.1, 0.15) is 40.4 Å². The van der Waals surface area contributed by atoms with Crippen LogP contribution in [0.2, 0.25) is 5.02 Å². The van der Waals surface area contributed by atoms with Crippen molar-refractivity contribution >= 4 is 23.2 Å². The molecule has 0 aliphatic rings. The molecule has 0 saturated heterocycles. The first-order chi connectivity index (χ1) is 12.3. The highest BCUT2D eigenvalue weighted by Crippen LogP contribution is 2.25. The second-order valence-electron chi connectivity index (χ2n) is 5.25. The van der Waals surface area contributed by atoms with Crippen molar-refractivity contribution in [2.45, 2.75) is 19.4 Å². The predicted octanol–water partition coefficient (Wildman–Crippen LogP) is 2.92. The van der Waals surface area contributed by atoms with Gasteiger partial charge in [-0.3, -0.25) is 9.48 Å². The third-order valence-corrected chi connectivity index (χ3v) is 3.90. The Balaban J connectivity index is 1.90. The third-order valence-electron chi connectivity index (χ3n) is 3.58. The van der Waals surface area contributed by atoms with Crippen LogP contribution in [0.3, 0.4) is 0 Å². The molecule has 3 aromatic rings. The van der Waals surface area contributed by atoms with Gasteiger partial charge in [0.2, 0.25) is 0 Å². The molecule has 0 fully saturated rings. The Morgan fingerprint density at radius 2 is 2.00 bits per heavy atom. The second-order valence-corrected chi connectivity index (χ2v) is 5.66. The first kappa shape index (κ1) is 18.1. The molecule has 3 heterocycles. The number of nitrogens with zero attached hydrogens (tertiary/aromatic N) is 5. The van der Waals surface area contributed by atoms with Crippen molar-refractivity contribution in [3.63, 3.8) is 0 Å². The molecule has 1 amide bonds. The zero-order valence-corrected chi connectivity index (χ0v) is 13.9. The molecule has 7 nitrogen and oxygen atoms in total. The van der Waals surface area contributed by atoms with Gasteiger partial charge in [-0.25, -0.2) is 27.1 Å². The molecule has 0 aliphatic carbocycles. The topological polar surface area (TPSA) is 77.1 Å². The van der Waals surface area contributed by atoms with Gasteiger partial charge in [-0.05, 0) is 6.07 Å². The molecule has 0 bridgehead atoms. The lowest BCUT2D eigenvalue weighted by atomic mass is 10.3. The normalized spacial score (nSPS) is 11.7. The van der Waals surface area contributed by atoms with Crippen LogP contribution in [0.5, 0.6) is 0 Å². The molecule has 26 heavy (non-hydrogen) atoms. The van der Waals surface area contributed by atoms with Crippen molar-refractivity contribution in [1.82, 2.24) is 29.7 Å². The molecule has 0 aromatic carbocycles. The summed E-state index contributed by atoms with van der Waals surface area (Å²) in [5.74, 6) is -0.702. The molecule has 3 rings (SSSR count). The van der Waals surface area contributed by atoms with E-state index < -0.39 is 30.1 Å². The molecule has 12 heteroatoms. The highest BCUT2D eigenvalue weighted by Gasteiger charge is 2.22. The van der Waals surface area contributed by atoms with Gasteiger partial charge in [-0.2, -0.15) is 10.2 Å². The number of carbonyl (C=O) groups is 1. The van der Waals surface area contributed by atoms with Crippen molar-refractivity contribution in [3.05, 3.63) is 46.1 Å². The molecule has 0 spiro atoms. The summed E-state index contributed by atoms with van der Waals surface area (Å²) in [4.78, 5) is 15.8. The Kier molecular flexibility index (Phi) is 4.81. The molecule has 0 radical (unpaired) electrons. The Labute approximate surface area is 148 Å². The first-order valence-electron chi connectivity index (χ1n) is 7.19. The molecular formula is C14H11ClF4N6O. The van der Waals surface area contributed by atoms with E-state index in [4.69, 9.17) is 11.6 Å². The molecule has 1 N–H and O–H groups in total. The number of aryl methyl sites for hydroxylation is 1. The summed E-state index contributed by atoms with van der Waals surface area (Å²) in [6.45, 7) is 0.0133. The number of rotatable bonds is 5. The lowest BCUT2D eigenvalue weighted by molar-refractivity contribution is 0.0943. The summed E-state index contributed by atoms with van der Waals surface area (Å²) in [6.07, 6.45) is -4.70. The number of halogens is 5. The van der Waals surface area contributed by atoms with Crippen LogP contribution in [-0.2, 0) is 13.6 Å². The summed E-state index contributed by atoms with van der Waals surface area (Å²) >= 11 is 5.92. The average molecular weight is 391 g/mol. The van der Waals surface area contributed by atoms with E-state index in [9.17, 15) is 22.4 Å². The van der Waals surface area contributed by atoms with E-state index >= 15 is 0 Å². The third kappa shape index (κ3) is 3.34. The number of hydrogen-bond donors (Lipinski definition) is 1. The Bertz CT molecular complexity index is 950. The highest BCUT2D eigenvalue weighted by atomic mass is 35.5. The highest BCUT2D eigenvalue weighted by molar-refractivity contribution is 6.31. The smallest absolute Gasteiger partial charge is 0.280 e.